The molecule has 4 rings (SSSR count). The Morgan fingerprint density at radius 2 is 1.79 bits per heavy atom. The number of anilines is 2. The number of nitrogens with one attached hydrogen (secondary N) is 3. The first-order valence-corrected chi connectivity index (χ1v) is 11.0. The summed E-state index contributed by atoms with van der Waals surface area (Å²) in [4.78, 5) is 41.4. The molecule has 3 N–H and O–H groups in total. The first kappa shape index (κ1) is 22.7. The van der Waals surface area contributed by atoms with Gasteiger partial charge in [0.25, 0.3) is 5.91 Å². The van der Waals surface area contributed by atoms with Crippen molar-refractivity contribution in [2.75, 3.05) is 17.7 Å². The van der Waals surface area contributed by atoms with E-state index < -0.39 is 11.8 Å². The molecule has 0 aliphatic carbocycles. The number of hydrogen-bond acceptors (Lipinski definition) is 7. The molecule has 0 fully saturated rings. The number of methoxy groups -OCH3 is 1. The van der Waals surface area contributed by atoms with Gasteiger partial charge in [0, 0.05) is 24.0 Å². The van der Waals surface area contributed by atoms with E-state index in [2.05, 4.69) is 20.9 Å². The highest BCUT2D eigenvalue weighted by molar-refractivity contribution is 7.12. The summed E-state index contributed by atoms with van der Waals surface area (Å²) in [6, 6.07) is 15.3. The number of amides is 3. The quantitative estimate of drug-likeness (QED) is 0.348. The van der Waals surface area contributed by atoms with Crippen molar-refractivity contribution < 1.29 is 23.5 Å². The van der Waals surface area contributed by atoms with Gasteiger partial charge in [0.1, 0.15) is 5.75 Å². The van der Waals surface area contributed by atoms with Crippen LogP contribution in [0.2, 0.25) is 0 Å². The molecule has 0 atom stereocenters. The van der Waals surface area contributed by atoms with E-state index in [-0.39, 0.29) is 12.5 Å². The number of ether oxygens (including phenoxy) is 1. The van der Waals surface area contributed by atoms with Crippen LogP contribution in [-0.2, 0) is 16.1 Å². The van der Waals surface area contributed by atoms with Gasteiger partial charge in [-0.1, -0.05) is 18.2 Å². The van der Waals surface area contributed by atoms with Crippen LogP contribution in [0.3, 0.4) is 0 Å². The Morgan fingerprint density at radius 1 is 1.00 bits per heavy atom. The first-order valence-electron chi connectivity index (χ1n) is 10.1. The van der Waals surface area contributed by atoms with Crippen LogP contribution in [0, 0.1) is 0 Å². The minimum Gasteiger partial charge on any atom is -0.496 e. The van der Waals surface area contributed by atoms with E-state index >= 15 is 0 Å². The van der Waals surface area contributed by atoms with E-state index in [1.54, 1.807) is 48.7 Å². The molecule has 0 radical (unpaired) electrons. The van der Waals surface area contributed by atoms with Gasteiger partial charge in [0.2, 0.25) is 0 Å². The van der Waals surface area contributed by atoms with E-state index in [1.807, 2.05) is 17.5 Å². The van der Waals surface area contributed by atoms with Gasteiger partial charge in [-0.05, 0) is 41.3 Å². The molecule has 0 spiro atoms. The molecule has 0 bridgehead atoms. The van der Waals surface area contributed by atoms with Gasteiger partial charge in [0.05, 0.1) is 23.7 Å². The van der Waals surface area contributed by atoms with Crippen LogP contribution in [0.4, 0.5) is 11.4 Å². The number of thiophene rings is 1. The highest BCUT2D eigenvalue weighted by Crippen LogP contribution is 2.32. The molecule has 2 heterocycles. The van der Waals surface area contributed by atoms with Crippen LogP contribution in [0.5, 0.6) is 5.75 Å². The van der Waals surface area contributed by atoms with Crippen molar-refractivity contribution in [1.29, 1.82) is 0 Å². The van der Waals surface area contributed by atoms with Crippen LogP contribution in [0.15, 0.2) is 77.0 Å². The third kappa shape index (κ3) is 5.48. The second-order valence-corrected chi connectivity index (χ2v) is 8.00. The largest absolute Gasteiger partial charge is 0.496 e. The topological polar surface area (TPSA) is 123 Å². The van der Waals surface area contributed by atoms with Gasteiger partial charge in [-0.3, -0.25) is 14.4 Å². The Morgan fingerprint density at radius 3 is 2.47 bits per heavy atom. The van der Waals surface area contributed by atoms with Crippen molar-refractivity contribution in [3.05, 3.63) is 83.0 Å². The van der Waals surface area contributed by atoms with Gasteiger partial charge >= 0.3 is 11.8 Å². The maximum atomic E-state index is 12.4. The van der Waals surface area contributed by atoms with E-state index in [1.165, 1.54) is 24.8 Å². The molecule has 0 aliphatic rings. The van der Waals surface area contributed by atoms with Crippen LogP contribution in [-0.4, -0.2) is 29.8 Å². The number of rotatable bonds is 7. The molecule has 2 aromatic heterocycles. The van der Waals surface area contributed by atoms with Crippen LogP contribution in [0.1, 0.15) is 15.2 Å². The Labute approximate surface area is 198 Å². The van der Waals surface area contributed by atoms with Crippen molar-refractivity contribution in [2.24, 2.45) is 0 Å². The zero-order valence-electron chi connectivity index (χ0n) is 18.0. The van der Waals surface area contributed by atoms with Crippen molar-refractivity contribution >= 4 is 40.4 Å². The number of aromatic nitrogens is 1. The highest BCUT2D eigenvalue weighted by atomic mass is 32.1. The third-order valence-electron chi connectivity index (χ3n) is 4.75. The molecule has 2 aromatic carbocycles. The van der Waals surface area contributed by atoms with Gasteiger partial charge < -0.3 is 25.1 Å². The number of carbonyl (C=O) groups is 3. The molecule has 9 nitrogen and oxygen atoms in total. The summed E-state index contributed by atoms with van der Waals surface area (Å²) in [5, 5.41) is 9.76. The van der Waals surface area contributed by atoms with Crippen LogP contribution < -0.4 is 20.7 Å². The van der Waals surface area contributed by atoms with Gasteiger partial charge in [-0.25, -0.2) is 4.98 Å². The summed E-state index contributed by atoms with van der Waals surface area (Å²) in [6.45, 7) is 0.282. The molecule has 0 saturated heterocycles. The van der Waals surface area contributed by atoms with Crippen LogP contribution >= 0.6 is 11.3 Å². The third-order valence-corrected chi connectivity index (χ3v) is 5.61. The molecule has 0 unspecified atom stereocenters. The first-order chi connectivity index (χ1) is 16.5. The van der Waals surface area contributed by atoms with Crippen LogP contribution in [0.25, 0.3) is 11.3 Å². The summed E-state index contributed by atoms with van der Waals surface area (Å²) < 4.78 is 10.6. The monoisotopic (exact) mass is 476 g/mol. The van der Waals surface area contributed by atoms with E-state index in [9.17, 15) is 14.4 Å². The summed E-state index contributed by atoms with van der Waals surface area (Å²) in [5.74, 6) is -0.885. The van der Waals surface area contributed by atoms with Crippen molar-refractivity contribution in [3.63, 3.8) is 0 Å². The lowest BCUT2D eigenvalue weighted by atomic mass is 10.1. The summed E-state index contributed by atoms with van der Waals surface area (Å²) >= 11 is 1.36. The van der Waals surface area contributed by atoms with Gasteiger partial charge in [-0.2, -0.15) is 0 Å². The Balaban J connectivity index is 1.36. The summed E-state index contributed by atoms with van der Waals surface area (Å²) in [5.41, 5.74) is 2.24. The molecule has 0 saturated carbocycles. The second kappa shape index (κ2) is 10.5. The highest BCUT2D eigenvalue weighted by Gasteiger charge is 2.16. The Hall–Kier alpha value is -4.44. The molecule has 0 aliphatic heterocycles. The SMILES string of the molecule is COc1cc(NC(=O)C(=O)Nc2cccc(CNC(=O)c3cccs3)c2)ccc1-c1cnco1. The summed E-state index contributed by atoms with van der Waals surface area (Å²) in [7, 11) is 1.49. The van der Waals surface area contributed by atoms with Crippen molar-refractivity contribution in [2.45, 2.75) is 6.54 Å². The standard InChI is InChI=1S/C24H20N4O5S/c1-32-19-11-17(7-8-18(19)20-13-25-14-33-20)28-24(31)23(30)27-16-5-2-4-15(10-16)12-26-22(29)21-6-3-9-34-21/h2-11,13-14H,12H2,1H3,(H,26,29)(H,27,30)(H,28,31). The van der Waals surface area contributed by atoms with E-state index in [0.717, 1.165) is 5.56 Å². The zero-order valence-corrected chi connectivity index (χ0v) is 18.8. The molecular weight excluding hydrogens is 456 g/mol. The number of hydrogen-bond donors (Lipinski definition) is 3. The number of carbonyl (C=O) groups excluding carboxylic acids is 3. The fourth-order valence-electron chi connectivity index (χ4n) is 3.13. The maximum Gasteiger partial charge on any atom is 0.314 e. The lowest BCUT2D eigenvalue weighted by molar-refractivity contribution is -0.132. The molecule has 172 valence electrons. The smallest absolute Gasteiger partial charge is 0.314 e. The van der Waals surface area contributed by atoms with E-state index in [0.29, 0.717) is 33.3 Å². The average molecular weight is 477 g/mol. The summed E-state index contributed by atoms with van der Waals surface area (Å²) in [6.07, 6.45) is 2.85. The lowest BCUT2D eigenvalue weighted by Gasteiger charge is -2.11. The van der Waals surface area contributed by atoms with Crippen molar-refractivity contribution in [3.8, 4) is 17.1 Å². The minimum absolute atomic E-state index is 0.173. The Bertz CT molecular complexity index is 1300. The Kier molecular flexibility index (Phi) is 6.99. The second-order valence-electron chi connectivity index (χ2n) is 7.05. The van der Waals surface area contributed by atoms with Gasteiger partial charge in [0.15, 0.2) is 12.2 Å². The minimum atomic E-state index is -0.842. The molecule has 3 amide bonds. The lowest BCUT2D eigenvalue weighted by Crippen LogP contribution is -2.29. The number of nitrogens with zero attached hydrogens (tertiary/aromatic N) is 1. The predicted molar refractivity (Wildman–Crippen MR) is 128 cm³/mol. The molecule has 4 aromatic rings. The van der Waals surface area contributed by atoms with Crippen molar-refractivity contribution in [1.82, 2.24) is 10.3 Å². The normalized spacial score (nSPS) is 10.4. The maximum absolute atomic E-state index is 12.4. The number of benzene rings is 2. The zero-order chi connectivity index (χ0) is 23.9. The van der Waals surface area contributed by atoms with E-state index in [4.69, 9.17) is 9.15 Å². The molecule has 34 heavy (non-hydrogen) atoms. The fraction of sp³-hybridized carbons (Fsp3) is 0.0833. The fourth-order valence-corrected chi connectivity index (χ4v) is 3.77. The average Bonchev–Trinajstić information content (AvgIpc) is 3.57. The number of oxazole rings is 1. The van der Waals surface area contributed by atoms with Gasteiger partial charge in [-0.15, -0.1) is 11.3 Å². The predicted octanol–water partition coefficient (Wildman–Crippen LogP) is 3.92. The molecule has 10 heteroatoms. The molecular formula is C24H20N4O5S.